The number of rotatable bonds is 6. The monoisotopic (exact) mass is 394 g/mol. The molecule has 1 aliphatic heterocycles. The van der Waals surface area contributed by atoms with E-state index in [2.05, 4.69) is 5.32 Å². The standard InChI is InChI=1S/C19H23FN2O4S/c1-27(24,25)22-12-10-14(11-13-22)21-19(23)9-7-15-6-8-18(26-15)16-4-2-3-5-17(16)20/h2-6,8,14H,7,9-13H2,1H3,(H,21,23). The van der Waals surface area contributed by atoms with E-state index in [9.17, 15) is 17.6 Å². The summed E-state index contributed by atoms with van der Waals surface area (Å²) in [5.74, 6) is 0.611. The Morgan fingerprint density at radius 3 is 2.59 bits per heavy atom. The summed E-state index contributed by atoms with van der Waals surface area (Å²) in [7, 11) is -3.17. The minimum absolute atomic E-state index is 0.0129. The lowest BCUT2D eigenvalue weighted by molar-refractivity contribution is -0.122. The molecule has 0 radical (unpaired) electrons. The van der Waals surface area contributed by atoms with Gasteiger partial charge in [0.05, 0.1) is 11.8 Å². The van der Waals surface area contributed by atoms with Gasteiger partial charge in [-0.05, 0) is 37.1 Å². The number of halogens is 1. The average molecular weight is 394 g/mol. The molecular formula is C19H23FN2O4S. The molecule has 1 saturated heterocycles. The molecule has 0 aliphatic carbocycles. The van der Waals surface area contributed by atoms with E-state index in [4.69, 9.17) is 4.42 Å². The van der Waals surface area contributed by atoms with Crippen LogP contribution < -0.4 is 5.32 Å². The van der Waals surface area contributed by atoms with Crippen molar-refractivity contribution in [3.05, 3.63) is 48.0 Å². The van der Waals surface area contributed by atoms with Crippen LogP contribution in [0, 0.1) is 5.82 Å². The molecule has 1 aromatic carbocycles. The van der Waals surface area contributed by atoms with Gasteiger partial charge in [0.15, 0.2) is 0 Å². The largest absolute Gasteiger partial charge is 0.461 e. The number of hydrogen-bond donors (Lipinski definition) is 1. The molecule has 8 heteroatoms. The first-order chi connectivity index (χ1) is 12.8. The Kier molecular flexibility index (Phi) is 5.96. The summed E-state index contributed by atoms with van der Waals surface area (Å²) in [6.07, 6.45) is 3.10. The van der Waals surface area contributed by atoms with Crippen LogP contribution in [0.5, 0.6) is 0 Å². The second kappa shape index (κ2) is 8.22. The van der Waals surface area contributed by atoms with Crippen molar-refractivity contribution < 1.29 is 22.0 Å². The van der Waals surface area contributed by atoms with Gasteiger partial charge in [-0.1, -0.05) is 12.1 Å². The van der Waals surface area contributed by atoms with Gasteiger partial charge in [0.25, 0.3) is 0 Å². The minimum atomic E-state index is -3.17. The highest BCUT2D eigenvalue weighted by atomic mass is 32.2. The third-order valence-electron chi connectivity index (χ3n) is 4.69. The van der Waals surface area contributed by atoms with Gasteiger partial charge >= 0.3 is 0 Å². The summed E-state index contributed by atoms with van der Waals surface area (Å²) in [6, 6.07) is 9.82. The third-order valence-corrected chi connectivity index (χ3v) is 5.99. The van der Waals surface area contributed by atoms with Crippen molar-refractivity contribution in [3.8, 4) is 11.3 Å². The van der Waals surface area contributed by atoms with Gasteiger partial charge in [0.1, 0.15) is 17.3 Å². The molecule has 1 aromatic heterocycles. The van der Waals surface area contributed by atoms with E-state index in [1.54, 1.807) is 30.3 Å². The maximum Gasteiger partial charge on any atom is 0.220 e. The molecule has 6 nitrogen and oxygen atoms in total. The number of carbonyl (C=O) groups is 1. The maximum atomic E-state index is 13.8. The Morgan fingerprint density at radius 1 is 1.22 bits per heavy atom. The molecule has 2 heterocycles. The summed E-state index contributed by atoms with van der Waals surface area (Å²) in [6.45, 7) is 0.849. The second-order valence-corrected chi connectivity index (χ2v) is 8.73. The number of carbonyl (C=O) groups excluding carboxylic acids is 1. The number of aryl methyl sites for hydroxylation is 1. The molecule has 1 amide bonds. The van der Waals surface area contributed by atoms with Crippen molar-refractivity contribution in [2.75, 3.05) is 19.3 Å². The molecule has 0 bridgehead atoms. The molecule has 1 N–H and O–H groups in total. The van der Waals surface area contributed by atoms with Gasteiger partial charge in [-0.3, -0.25) is 4.79 Å². The zero-order valence-electron chi connectivity index (χ0n) is 15.2. The molecular weight excluding hydrogens is 371 g/mol. The van der Waals surface area contributed by atoms with Crippen molar-refractivity contribution in [1.82, 2.24) is 9.62 Å². The number of benzene rings is 1. The second-order valence-electron chi connectivity index (χ2n) is 6.75. The van der Waals surface area contributed by atoms with Crippen LogP contribution in [0.3, 0.4) is 0 Å². The highest BCUT2D eigenvalue weighted by Crippen LogP contribution is 2.25. The molecule has 0 unspecified atom stereocenters. The topological polar surface area (TPSA) is 79.6 Å². The molecule has 0 atom stereocenters. The van der Waals surface area contributed by atoms with Crippen LogP contribution in [0.4, 0.5) is 4.39 Å². The van der Waals surface area contributed by atoms with E-state index in [-0.39, 0.29) is 24.2 Å². The molecule has 146 valence electrons. The van der Waals surface area contributed by atoms with Crippen LogP contribution in [0.15, 0.2) is 40.8 Å². The molecule has 3 rings (SSSR count). The zero-order chi connectivity index (χ0) is 19.4. The summed E-state index contributed by atoms with van der Waals surface area (Å²) in [5, 5.41) is 2.95. The van der Waals surface area contributed by atoms with Gasteiger partial charge < -0.3 is 9.73 Å². The Bertz CT molecular complexity index is 902. The van der Waals surface area contributed by atoms with Crippen molar-refractivity contribution in [2.24, 2.45) is 0 Å². The predicted octanol–water partition coefficient (Wildman–Crippen LogP) is 2.56. The van der Waals surface area contributed by atoms with E-state index in [0.29, 0.717) is 49.4 Å². The SMILES string of the molecule is CS(=O)(=O)N1CCC(NC(=O)CCc2ccc(-c3ccccc3F)o2)CC1. The van der Waals surface area contributed by atoms with Crippen molar-refractivity contribution in [3.63, 3.8) is 0 Å². The van der Waals surface area contributed by atoms with Gasteiger partial charge in [-0.15, -0.1) is 0 Å². The van der Waals surface area contributed by atoms with E-state index < -0.39 is 10.0 Å². The first kappa shape index (κ1) is 19.6. The normalized spacial score (nSPS) is 16.4. The fourth-order valence-corrected chi connectivity index (χ4v) is 4.06. The third kappa shape index (κ3) is 5.17. The molecule has 0 spiro atoms. The van der Waals surface area contributed by atoms with E-state index in [0.717, 1.165) is 0 Å². The summed E-state index contributed by atoms with van der Waals surface area (Å²) in [4.78, 5) is 12.1. The smallest absolute Gasteiger partial charge is 0.220 e. The Morgan fingerprint density at radius 2 is 1.93 bits per heavy atom. The number of sulfonamides is 1. The minimum Gasteiger partial charge on any atom is -0.461 e. The lowest BCUT2D eigenvalue weighted by atomic mass is 10.1. The fourth-order valence-electron chi connectivity index (χ4n) is 3.19. The highest BCUT2D eigenvalue weighted by molar-refractivity contribution is 7.88. The van der Waals surface area contributed by atoms with E-state index in [1.165, 1.54) is 16.6 Å². The van der Waals surface area contributed by atoms with Crippen molar-refractivity contribution in [1.29, 1.82) is 0 Å². The molecule has 0 saturated carbocycles. The molecule has 1 aliphatic rings. The lowest BCUT2D eigenvalue weighted by Crippen LogP contribution is -2.46. The van der Waals surface area contributed by atoms with Crippen LogP contribution >= 0.6 is 0 Å². The van der Waals surface area contributed by atoms with Crippen LogP contribution in [0.25, 0.3) is 11.3 Å². The number of piperidine rings is 1. The average Bonchev–Trinajstić information content (AvgIpc) is 3.09. The number of nitrogens with zero attached hydrogens (tertiary/aromatic N) is 1. The zero-order valence-corrected chi connectivity index (χ0v) is 16.0. The Labute approximate surface area is 158 Å². The summed E-state index contributed by atoms with van der Waals surface area (Å²) in [5.41, 5.74) is 0.394. The number of hydrogen-bond acceptors (Lipinski definition) is 4. The number of nitrogens with one attached hydrogen (secondary N) is 1. The molecule has 2 aromatic rings. The summed E-state index contributed by atoms with van der Waals surface area (Å²) >= 11 is 0. The van der Waals surface area contributed by atoms with Crippen molar-refractivity contribution in [2.45, 2.75) is 31.7 Å². The Balaban J connectivity index is 1.47. The number of furan rings is 1. The Hall–Kier alpha value is -2.19. The van der Waals surface area contributed by atoms with Crippen LogP contribution in [-0.2, 0) is 21.2 Å². The maximum absolute atomic E-state index is 13.8. The van der Waals surface area contributed by atoms with Gasteiger partial charge in [0, 0.05) is 32.0 Å². The van der Waals surface area contributed by atoms with Crippen LogP contribution in [0.1, 0.15) is 25.0 Å². The van der Waals surface area contributed by atoms with E-state index in [1.807, 2.05) is 0 Å². The highest BCUT2D eigenvalue weighted by Gasteiger charge is 2.25. The lowest BCUT2D eigenvalue weighted by Gasteiger charge is -2.30. The first-order valence-corrected chi connectivity index (χ1v) is 10.8. The first-order valence-electron chi connectivity index (χ1n) is 8.91. The van der Waals surface area contributed by atoms with Gasteiger partial charge in [-0.25, -0.2) is 17.1 Å². The van der Waals surface area contributed by atoms with Crippen LogP contribution in [0.2, 0.25) is 0 Å². The van der Waals surface area contributed by atoms with Gasteiger partial charge in [-0.2, -0.15) is 0 Å². The van der Waals surface area contributed by atoms with Crippen LogP contribution in [-0.4, -0.2) is 44.0 Å². The number of amides is 1. The van der Waals surface area contributed by atoms with Crippen molar-refractivity contribution >= 4 is 15.9 Å². The summed E-state index contributed by atoms with van der Waals surface area (Å²) < 4.78 is 43.9. The van der Waals surface area contributed by atoms with E-state index >= 15 is 0 Å². The molecule has 1 fully saturated rings. The van der Waals surface area contributed by atoms with Gasteiger partial charge in [0.2, 0.25) is 15.9 Å². The fraction of sp³-hybridized carbons (Fsp3) is 0.421. The quantitative estimate of drug-likeness (QED) is 0.817. The predicted molar refractivity (Wildman–Crippen MR) is 100 cm³/mol. The molecule has 27 heavy (non-hydrogen) atoms.